The molecule has 3 aromatic carbocycles. The number of nitrogens with one attached hydrogen (secondary N) is 4. The minimum absolute atomic E-state index is 0.0628. The van der Waals surface area contributed by atoms with Gasteiger partial charge in [-0.05, 0) is 94.6 Å². The Kier molecular flexibility index (Phi) is 36.0. The molecular weight excluding hydrogens is 959 g/mol. The molecule has 0 fully saturated rings. The van der Waals surface area contributed by atoms with Gasteiger partial charge in [-0.2, -0.15) is 4.99 Å². The lowest BCUT2D eigenvalue weighted by atomic mass is 9.87. The maximum atomic E-state index is 12.1. The number of aryl methyl sites for hydroxylation is 3. The van der Waals surface area contributed by atoms with Crippen LogP contribution in [0.2, 0.25) is 18.1 Å². The molecule has 0 unspecified atom stereocenters. The number of amides is 4. The molecule has 8 N–H and O–H groups in total. The van der Waals surface area contributed by atoms with Crippen LogP contribution < -0.4 is 32.7 Å². The highest BCUT2D eigenvalue weighted by Gasteiger charge is 2.38. The quantitative estimate of drug-likeness (QED) is 0.00696. The van der Waals surface area contributed by atoms with Gasteiger partial charge in [0.2, 0.25) is 6.08 Å². The molecule has 17 nitrogen and oxygen atoms in total. The van der Waals surface area contributed by atoms with Crippen LogP contribution in [-0.4, -0.2) is 125 Å². The monoisotopic (exact) mass is 1050 g/mol. The number of hydrogen-bond donors (Lipinski definition) is 6. The predicted octanol–water partition coefficient (Wildman–Crippen LogP) is 9.92. The van der Waals surface area contributed by atoms with E-state index in [-0.39, 0.29) is 34.5 Å². The lowest BCUT2D eigenvalue weighted by Gasteiger charge is -2.37. The van der Waals surface area contributed by atoms with Crippen LogP contribution in [0, 0.1) is 31.6 Å². The summed E-state index contributed by atoms with van der Waals surface area (Å²) in [6.45, 7) is 37.5. The van der Waals surface area contributed by atoms with Crippen molar-refractivity contribution in [3.63, 3.8) is 0 Å². The van der Waals surface area contributed by atoms with Gasteiger partial charge in [-0.25, -0.2) is 19.2 Å². The van der Waals surface area contributed by atoms with Crippen LogP contribution in [0.1, 0.15) is 70.6 Å². The third kappa shape index (κ3) is 33.3. The first kappa shape index (κ1) is 68.5. The van der Waals surface area contributed by atoms with Crippen LogP contribution in [0.3, 0.4) is 0 Å². The molecule has 18 heteroatoms. The van der Waals surface area contributed by atoms with E-state index in [1.807, 2.05) is 88.4 Å². The first-order chi connectivity index (χ1) is 35.1. The van der Waals surface area contributed by atoms with E-state index >= 15 is 0 Å². The second-order valence-corrected chi connectivity index (χ2v) is 24.6. The maximum absolute atomic E-state index is 12.1. The average Bonchev–Trinajstić information content (AvgIpc) is 3.35. The van der Waals surface area contributed by atoms with Gasteiger partial charge in [0.05, 0.1) is 65.1 Å². The van der Waals surface area contributed by atoms with Crippen molar-refractivity contribution in [2.24, 2.45) is 27.3 Å². The third-order valence-corrected chi connectivity index (χ3v) is 16.1. The fourth-order valence-electron chi connectivity index (χ4n) is 6.08. The fourth-order valence-corrected chi connectivity index (χ4v) is 7.13. The van der Waals surface area contributed by atoms with Crippen LogP contribution in [-0.2, 0) is 37.7 Å². The Morgan fingerprint density at radius 1 is 0.622 bits per heavy atom. The molecule has 0 radical (unpaired) electrons. The van der Waals surface area contributed by atoms with Crippen molar-refractivity contribution in [2.45, 2.75) is 92.8 Å². The largest absolute Gasteiger partial charge is 0.463 e. The van der Waals surface area contributed by atoms with Crippen molar-refractivity contribution < 1.29 is 47.3 Å². The Hall–Kier alpha value is -5.53. The maximum Gasteiger partial charge on any atom is 0.330 e. The molecule has 0 aromatic heterocycles. The third-order valence-electron chi connectivity index (χ3n) is 11.5. The summed E-state index contributed by atoms with van der Waals surface area (Å²) < 4.78 is 34.4. The number of ether oxygens (including phenoxy) is 5. The van der Waals surface area contributed by atoms with E-state index in [9.17, 15) is 19.2 Å². The summed E-state index contributed by atoms with van der Waals surface area (Å²) in [6.07, 6.45) is 4.83. The van der Waals surface area contributed by atoms with Crippen molar-refractivity contribution in [1.29, 1.82) is 0 Å². The number of nitrogens with zero attached hydrogens (tertiary/aromatic N) is 1. The second-order valence-electron chi connectivity index (χ2n) is 19.8. The number of carbonyl (C=O) groups excluding carboxylic acids is 4. The molecular formula is C56H91N7O10Si. The molecule has 0 aliphatic carbocycles. The van der Waals surface area contributed by atoms with Crippen LogP contribution >= 0.6 is 0 Å². The zero-order chi connectivity index (χ0) is 55.9. The Morgan fingerprint density at radius 3 is 1.39 bits per heavy atom. The number of rotatable bonds is 30. The molecule has 0 heterocycles. The standard InChI is InChI=1S/C30H42N4O6.C16H38N2O3Si.C8H7NO.C2H4/c1-5-27(35)40-18-6-15-30(4,21-38-19-16-31-28(36)33-25-11-7-23(2)8-12-25)22-39-20-17-32-29(37)34-26-13-9-24(3)10-14-26;1-15(2,3)22(5,6)21-10-7-16(4,13-19-11-8-17)14-20-12-9-18;1-7-2-4-8(5-3-7)9-6-10;1-2/h5,7-14H,1,6,15-22H2,2-4H3,(H2,31,33,36)(H2,32,34,37);7-14,17-18H2,1-6H3;2-5H,1H3;1-2H2. The molecule has 3 aromatic rings. The summed E-state index contributed by atoms with van der Waals surface area (Å²) in [7, 11) is -1.70. The number of aliphatic imine (C=N–C) groups is 1. The number of anilines is 2. The summed E-state index contributed by atoms with van der Waals surface area (Å²) in [5.74, 6) is -0.459. The molecule has 0 atom stereocenters. The normalized spacial score (nSPS) is 11.1. The van der Waals surface area contributed by atoms with Crippen molar-refractivity contribution in [2.75, 3.05) is 103 Å². The molecule has 0 aliphatic rings. The first-order valence-corrected chi connectivity index (χ1v) is 28.0. The molecule has 74 heavy (non-hydrogen) atoms. The highest BCUT2D eigenvalue weighted by atomic mass is 28.4. The molecule has 4 amide bonds. The molecule has 0 saturated heterocycles. The van der Waals surface area contributed by atoms with Gasteiger partial charge in [0.1, 0.15) is 0 Å². The van der Waals surface area contributed by atoms with Gasteiger partial charge in [0, 0.05) is 61.1 Å². The lowest BCUT2D eigenvalue weighted by molar-refractivity contribution is -0.138. The Bertz CT molecular complexity index is 1960. The summed E-state index contributed by atoms with van der Waals surface area (Å²) in [5, 5.41) is 11.3. The summed E-state index contributed by atoms with van der Waals surface area (Å²) in [4.78, 5) is 48.7. The van der Waals surface area contributed by atoms with Gasteiger partial charge in [0.25, 0.3) is 0 Å². The molecule has 414 valence electrons. The number of isocyanates is 1. The van der Waals surface area contributed by atoms with Crippen LogP contribution in [0.4, 0.5) is 26.7 Å². The Labute approximate surface area is 444 Å². The van der Waals surface area contributed by atoms with E-state index < -0.39 is 14.3 Å². The number of nitrogens with two attached hydrogens (primary N) is 2. The van der Waals surface area contributed by atoms with Gasteiger partial charge in [0.15, 0.2) is 8.32 Å². The smallest absolute Gasteiger partial charge is 0.330 e. The molecule has 0 bridgehead atoms. The van der Waals surface area contributed by atoms with Crippen LogP contribution in [0.25, 0.3) is 0 Å². The number of urea groups is 2. The van der Waals surface area contributed by atoms with Gasteiger partial charge in [-0.1, -0.05) is 94.3 Å². The number of carbonyl (C=O) groups is 3. The molecule has 0 spiro atoms. The van der Waals surface area contributed by atoms with Crippen molar-refractivity contribution in [3.8, 4) is 0 Å². The van der Waals surface area contributed by atoms with Gasteiger partial charge in [-0.3, -0.25) is 0 Å². The van der Waals surface area contributed by atoms with Gasteiger partial charge >= 0.3 is 18.0 Å². The molecule has 3 rings (SSSR count). The van der Waals surface area contributed by atoms with E-state index in [1.54, 1.807) is 12.1 Å². The number of benzene rings is 3. The number of hydrogen-bond acceptors (Lipinski definition) is 13. The molecule has 0 saturated carbocycles. The van der Waals surface area contributed by atoms with E-state index in [1.165, 1.54) is 6.08 Å². The van der Waals surface area contributed by atoms with Gasteiger partial charge < -0.3 is 60.8 Å². The van der Waals surface area contributed by atoms with Crippen molar-refractivity contribution >= 4 is 49.5 Å². The van der Waals surface area contributed by atoms with Crippen LogP contribution in [0.15, 0.2) is 104 Å². The number of esters is 1. The highest BCUT2D eigenvalue weighted by molar-refractivity contribution is 6.74. The van der Waals surface area contributed by atoms with E-state index in [0.717, 1.165) is 35.8 Å². The van der Waals surface area contributed by atoms with E-state index in [0.29, 0.717) is 109 Å². The minimum Gasteiger partial charge on any atom is -0.463 e. The SMILES string of the molecule is C=C.C=CC(=O)OCCCC(C)(COCCNC(=O)Nc1ccc(C)cc1)COCCNC(=O)Nc1ccc(C)cc1.CC(CCO[Si](C)(C)C(C)(C)C)(COCCN)COCCN.Cc1ccc(N=C=O)cc1. The summed E-state index contributed by atoms with van der Waals surface area (Å²) in [5.41, 5.74) is 16.0. The van der Waals surface area contributed by atoms with Gasteiger partial charge in [-0.15, -0.1) is 13.2 Å². The fraction of sp³-hybridized carbons (Fsp3) is 0.536. The minimum atomic E-state index is -1.70. The summed E-state index contributed by atoms with van der Waals surface area (Å²) in [6, 6.07) is 21.8. The molecule has 0 aliphatic heterocycles. The van der Waals surface area contributed by atoms with E-state index in [4.69, 9.17) is 39.6 Å². The van der Waals surface area contributed by atoms with Crippen LogP contribution in [0.5, 0.6) is 0 Å². The Balaban J connectivity index is 0.00000130. The van der Waals surface area contributed by atoms with Crippen molar-refractivity contribution in [3.05, 3.63) is 115 Å². The summed E-state index contributed by atoms with van der Waals surface area (Å²) >= 11 is 0. The highest BCUT2D eigenvalue weighted by Crippen LogP contribution is 2.37. The first-order valence-electron chi connectivity index (χ1n) is 25.1. The van der Waals surface area contributed by atoms with Crippen molar-refractivity contribution in [1.82, 2.24) is 10.6 Å². The van der Waals surface area contributed by atoms with E-state index in [2.05, 4.69) is 86.8 Å². The lowest BCUT2D eigenvalue weighted by Crippen LogP contribution is -2.42. The zero-order valence-corrected chi connectivity index (χ0v) is 47.3. The zero-order valence-electron chi connectivity index (χ0n) is 46.3. The second kappa shape index (κ2) is 39.0. The average molecular weight is 1050 g/mol. The predicted molar refractivity (Wildman–Crippen MR) is 302 cm³/mol. The Morgan fingerprint density at radius 2 is 1.01 bits per heavy atom. The topological polar surface area (TPSA) is 236 Å².